The fourth-order valence-corrected chi connectivity index (χ4v) is 1.96. The number of nitrogens with zero attached hydrogens (tertiary/aromatic N) is 1. The summed E-state index contributed by atoms with van der Waals surface area (Å²) in [5, 5.41) is 7.54. The Hall–Kier alpha value is -3.22. The van der Waals surface area contributed by atoms with Gasteiger partial charge in [0.2, 0.25) is 0 Å². The minimum Gasteiger partial charge on any atom is -0.322 e. The average Bonchev–Trinajstić information content (AvgIpc) is 2.52. The molecule has 0 aliphatic rings. The van der Waals surface area contributed by atoms with E-state index in [9.17, 15) is 14.4 Å². The normalized spacial score (nSPS) is 10.5. The van der Waals surface area contributed by atoms with Gasteiger partial charge in [-0.2, -0.15) is 0 Å². The molecule has 1 amide bonds. The van der Waals surface area contributed by atoms with E-state index >= 15 is 0 Å². The average molecular weight is 282 g/mol. The second kappa shape index (κ2) is 5.04. The molecular weight excluding hydrogens is 272 g/mol. The zero-order valence-electron chi connectivity index (χ0n) is 10.7. The Labute approximate surface area is 117 Å². The monoisotopic (exact) mass is 282 g/mol. The fourth-order valence-electron chi connectivity index (χ4n) is 1.96. The first-order valence-electron chi connectivity index (χ1n) is 6.11. The number of anilines is 1. The van der Waals surface area contributed by atoms with Crippen molar-refractivity contribution in [3.8, 4) is 0 Å². The summed E-state index contributed by atoms with van der Waals surface area (Å²) >= 11 is 0. The number of aromatic amines is 2. The van der Waals surface area contributed by atoms with Gasteiger partial charge in [-0.15, -0.1) is 0 Å². The molecule has 0 fully saturated rings. The number of hydrogen-bond acceptors (Lipinski definition) is 4. The first-order valence-corrected chi connectivity index (χ1v) is 6.11. The van der Waals surface area contributed by atoms with E-state index < -0.39 is 11.1 Å². The molecule has 0 aliphatic carbocycles. The van der Waals surface area contributed by atoms with Crippen LogP contribution in [-0.2, 0) is 0 Å². The summed E-state index contributed by atoms with van der Waals surface area (Å²) in [7, 11) is 0. The second-order valence-electron chi connectivity index (χ2n) is 4.36. The molecule has 3 aromatic rings. The number of amides is 1. The summed E-state index contributed by atoms with van der Waals surface area (Å²) in [4.78, 5) is 39.2. The minimum absolute atomic E-state index is 0.168. The largest absolute Gasteiger partial charge is 0.322 e. The van der Waals surface area contributed by atoms with E-state index in [1.165, 1.54) is 18.2 Å². The maximum absolute atomic E-state index is 12.1. The number of carbonyl (C=O) groups is 1. The van der Waals surface area contributed by atoms with E-state index in [0.717, 1.165) is 0 Å². The molecule has 0 saturated carbocycles. The van der Waals surface area contributed by atoms with Gasteiger partial charge in [0.15, 0.2) is 0 Å². The highest BCUT2D eigenvalue weighted by Crippen LogP contribution is 2.11. The van der Waals surface area contributed by atoms with Crippen LogP contribution in [0.25, 0.3) is 10.8 Å². The summed E-state index contributed by atoms with van der Waals surface area (Å²) < 4.78 is 0. The fraction of sp³-hybridized carbons (Fsp3) is 0. The van der Waals surface area contributed by atoms with Crippen molar-refractivity contribution in [2.45, 2.75) is 0 Å². The molecule has 3 N–H and O–H groups in total. The van der Waals surface area contributed by atoms with Crippen molar-refractivity contribution in [1.82, 2.24) is 15.2 Å². The Kier molecular flexibility index (Phi) is 3.07. The molecule has 21 heavy (non-hydrogen) atoms. The molecule has 7 heteroatoms. The predicted molar refractivity (Wildman–Crippen MR) is 77.4 cm³/mol. The molecular formula is C14H10N4O3. The Morgan fingerprint density at radius 3 is 2.33 bits per heavy atom. The quantitative estimate of drug-likeness (QED) is 0.648. The molecule has 0 atom stereocenters. The Balaban J connectivity index is 2.02. The summed E-state index contributed by atoms with van der Waals surface area (Å²) in [6.45, 7) is 0. The molecule has 0 radical (unpaired) electrons. The summed E-state index contributed by atoms with van der Waals surface area (Å²) in [6.07, 6.45) is 3.11. The summed E-state index contributed by atoms with van der Waals surface area (Å²) in [5.41, 5.74) is 0.0131. The number of hydrogen-bond donors (Lipinski definition) is 3. The van der Waals surface area contributed by atoms with Crippen molar-refractivity contribution in [2.24, 2.45) is 0 Å². The molecule has 2 heterocycles. The molecule has 7 nitrogen and oxygen atoms in total. The Bertz CT molecular complexity index is 928. The third kappa shape index (κ3) is 2.44. The maximum atomic E-state index is 12.1. The molecule has 0 spiro atoms. The third-order valence-corrected chi connectivity index (χ3v) is 3.00. The van der Waals surface area contributed by atoms with Crippen LogP contribution in [0.1, 0.15) is 10.4 Å². The summed E-state index contributed by atoms with van der Waals surface area (Å²) in [5.74, 6) is -0.372. The van der Waals surface area contributed by atoms with Crippen molar-refractivity contribution in [1.29, 1.82) is 0 Å². The highest BCUT2D eigenvalue weighted by molar-refractivity contribution is 6.06. The van der Waals surface area contributed by atoms with Crippen LogP contribution in [0.3, 0.4) is 0 Å². The molecule has 0 saturated heterocycles. The van der Waals surface area contributed by atoms with Gasteiger partial charge in [-0.25, -0.2) is 0 Å². The first-order chi connectivity index (χ1) is 10.1. The molecule has 3 rings (SSSR count). The predicted octanol–water partition coefficient (Wildman–Crippen LogP) is 0.864. The van der Waals surface area contributed by atoms with Gasteiger partial charge in [-0.3, -0.25) is 29.6 Å². The summed E-state index contributed by atoms with van der Waals surface area (Å²) in [6, 6.07) is 7.63. The molecule has 0 bridgehead atoms. The topological polar surface area (TPSA) is 108 Å². The van der Waals surface area contributed by atoms with Gasteiger partial charge in [0.25, 0.3) is 17.0 Å². The number of benzene rings is 1. The zero-order valence-corrected chi connectivity index (χ0v) is 10.7. The smallest absolute Gasteiger partial charge is 0.270 e. The number of rotatable bonds is 2. The minimum atomic E-state index is -0.455. The van der Waals surface area contributed by atoms with E-state index in [1.54, 1.807) is 24.5 Å². The van der Waals surface area contributed by atoms with Gasteiger partial charge >= 0.3 is 0 Å². The van der Waals surface area contributed by atoms with Gasteiger partial charge < -0.3 is 5.32 Å². The van der Waals surface area contributed by atoms with Gasteiger partial charge in [-0.1, -0.05) is 0 Å². The lowest BCUT2D eigenvalue weighted by Gasteiger charge is -2.05. The third-order valence-electron chi connectivity index (χ3n) is 3.00. The lowest BCUT2D eigenvalue weighted by molar-refractivity contribution is 0.102. The van der Waals surface area contributed by atoms with Crippen LogP contribution in [0, 0.1) is 0 Å². The lowest BCUT2D eigenvalue weighted by Crippen LogP contribution is -2.20. The first kappa shape index (κ1) is 12.8. The molecule has 104 valence electrons. The number of carbonyl (C=O) groups excluding carboxylic acids is 1. The van der Waals surface area contributed by atoms with Crippen LogP contribution >= 0.6 is 0 Å². The second-order valence-corrected chi connectivity index (χ2v) is 4.36. The van der Waals surface area contributed by atoms with Crippen LogP contribution in [0.4, 0.5) is 5.69 Å². The van der Waals surface area contributed by atoms with Crippen molar-refractivity contribution in [3.63, 3.8) is 0 Å². The standard InChI is InChI=1S/C14H10N4O3/c19-12(16-9-3-5-15-6-4-9)8-1-2-10-11(7-8)14(21)18-17-13(10)20/h1-7H,(H,17,20)(H,18,21)(H,15,16,19). The Morgan fingerprint density at radius 2 is 1.62 bits per heavy atom. The highest BCUT2D eigenvalue weighted by Gasteiger charge is 2.10. The van der Waals surface area contributed by atoms with Gasteiger partial charge in [0.1, 0.15) is 0 Å². The Morgan fingerprint density at radius 1 is 0.952 bits per heavy atom. The maximum Gasteiger partial charge on any atom is 0.270 e. The van der Waals surface area contributed by atoms with Crippen molar-refractivity contribution in [2.75, 3.05) is 5.32 Å². The van der Waals surface area contributed by atoms with Gasteiger partial charge in [0, 0.05) is 23.6 Å². The molecule has 0 unspecified atom stereocenters. The number of aromatic nitrogens is 3. The van der Waals surface area contributed by atoms with Crippen molar-refractivity contribution >= 4 is 22.4 Å². The van der Waals surface area contributed by atoms with E-state index in [-0.39, 0.29) is 22.2 Å². The van der Waals surface area contributed by atoms with Crippen LogP contribution in [0.5, 0.6) is 0 Å². The number of H-pyrrole nitrogens is 2. The number of pyridine rings is 1. The molecule has 2 aromatic heterocycles. The van der Waals surface area contributed by atoms with E-state index in [0.29, 0.717) is 5.69 Å². The van der Waals surface area contributed by atoms with Crippen LogP contribution in [0.15, 0.2) is 52.3 Å². The zero-order chi connectivity index (χ0) is 14.8. The van der Waals surface area contributed by atoms with E-state index in [1.807, 2.05) is 0 Å². The molecule has 0 aliphatic heterocycles. The van der Waals surface area contributed by atoms with Crippen LogP contribution < -0.4 is 16.4 Å². The number of nitrogens with one attached hydrogen (secondary N) is 3. The SMILES string of the molecule is O=C(Nc1ccncc1)c1ccc2c(=O)[nH][nH]c(=O)c2c1. The van der Waals surface area contributed by atoms with Gasteiger partial charge in [0.05, 0.1) is 10.8 Å². The molecule has 1 aromatic carbocycles. The van der Waals surface area contributed by atoms with Gasteiger partial charge in [-0.05, 0) is 30.3 Å². The van der Waals surface area contributed by atoms with E-state index in [4.69, 9.17) is 0 Å². The van der Waals surface area contributed by atoms with Crippen molar-refractivity contribution in [3.05, 3.63) is 69.0 Å². The highest BCUT2D eigenvalue weighted by atomic mass is 16.2. The number of fused-ring (bicyclic) bond motifs is 1. The van der Waals surface area contributed by atoms with Crippen LogP contribution in [0.2, 0.25) is 0 Å². The van der Waals surface area contributed by atoms with Crippen LogP contribution in [-0.4, -0.2) is 21.1 Å². The van der Waals surface area contributed by atoms with E-state index in [2.05, 4.69) is 20.5 Å². The lowest BCUT2D eigenvalue weighted by atomic mass is 10.1. The van der Waals surface area contributed by atoms with Crippen molar-refractivity contribution < 1.29 is 4.79 Å².